The molecule has 7 nitrogen and oxygen atoms in total. The number of ether oxygens (including phenoxy) is 2. The number of hydrogen-bond donors (Lipinski definition) is 0. The van der Waals surface area contributed by atoms with Crippen LogP contribution in [0.25, 0.3) is 0 Å². The van der Waals surface area contributed by atoms with Crippen molar-refractivity contribution in [1.29, 1.82) is 0 Å². The SMILES string of the molecule is CCOC(=O)[C@@H]1C[C@]2(C)C[C@@H]2N1C(=O)CN1Cc2cc(Oc3ccccc3)ccc2C1=O. The number of piperidine rings is 1. The van der Waals surface area contributed by atoms with Crippen molar-refractivity contribution in [3.8, 4) is 11.5 Å². The van der Waals surface area contributed by atoms with Crippen molar-refractivity contribution in [3.05, 3.63) is 59.7 Å². The van der Waals surface area contributed by atoms with E-state index in [0.717, 1.165) is 17.7 Å². The predicted octanol–water partition coefficient (Wildman–Crippen LogP) is 3.38. The Morgan fingerprint density at radius 1 is 1.09 bits per heavy atom. The molecule has 2 amide bonds. The zero-order valence-corrected chi connectivity index (χ0v) is 18.2. The number of rotatable bonds is 6. The minimum Gasteiger partial charge on any atom is -0.464 e. The summed E-state index contributed by atoms with van der Waals surface area (Å²) in [5.41, 5.74) is 1.39. The average Bonchev–Trinajstić information content (AvgIpc) is 3.19. The number of likely N-dealkylation sites (tertiary alicyclic amines) is 1. The Kier molecular flexibility index (Phi) is 4.92. The van der Waals surface area contributed by atoms with Crippen LogP contribution in [-0.4, -0.2) is 52.8 Å². The molecule has 0 N–H and O–H groups in total. The van der Waals surface area contributed by atoms with E-state index in [-0.39, 0.29) is 42.4 Å². The molecule has 0 bridgehead atoms. The van der Waals surface area contributed by atoms with Gasteiger partial charge >= 0.3 is 5.97 Å². The molecule has 7 heteroatoms. The summed E-state index contributed by atoms with van der Waals surface area (Å²) in [6.45, 7) is 4.43. The van der Waals surface area contributed by atoms with Gasteiger partial charge in [-0.1, -0.05) is 25.1 Å². The zero-order valence-electron chi connectivity index (χ0n) is 18.2. The van der Waals surface area contributed by atoms with E-state index in [4.69, 9.17) is 9.47 Å². The molecule has 2 aliphatic heterocycles. The minimum absolute atomic E-state index is 0.0191. The summed E-state index contributed by atoms with van der Waals surface area (Å²) >= 11 is 0. The number of carbonyl (C=O) groups is 3. The fourth-order valence-electron chi connectivity index (χ4n) is 4.99. The van der Waals surface area contributed by atoms with Gasteiger partial charge in [-0.05, 0) is 61.1 Å². The number of nitrogens with zero attached hydrogens (tertiary/aromatic N) is 2. The second kappa shape index (κ2) is 7.65. The maximum Gasteiger partial charge on any atom is 0.328 e. The number of benzene rings is 2. The Balaban J connectivity index is 1.28. The van der Waals surface area contributed by atoms with E-state index in [1.54, 1.807) is 28.9 Å². The maximum atomic E-state index is 13.2. The standard InChI is InChI=1S/C25H26N2O5/c1-3-31-24(30)20-12-25(2)13-21(25)27(20)22(28)15-26-14-16-11-18(9-10-19(16)23(26)29)32-17-7-5-4-6-8-17/h4-11,20-21H,3,12-15H2,1-2H3/t20-,21-,25+/m0/s1. The highest BCUT2D eigenvalue weighted by Crippen LogP contribution is 2.59. The molecule has 1 saturated carbocycles. The number of para-hydroxylation sites is 1. The molecule has 2 aromatic rings. The Morgan fingerprint density at radius 2 is 1.88 bits per heavy atom. The first-order valence-electron chi connectivity index (χ1n) is 11.0. The van der Waals surface area contributed by atoms with E-state index in [0.29, 0.717) is 24.3 Å². The Bertz CT molecular complexity index is 1080. The number of amides is 2. The van der Waals surface area contributed by atoms with Gasteiger partial charge in [-0.2, -0.15) is 0 Å². The smallest absolute Gasteiger partial charge is 0.328 e. The molecular formula is C25H26N2O5. The molecule has 2 heterocycles. The van der Waals surface area contributed by atoms with Crippen LogP contribution >= 0.6 is 0 Å². The van der Waals surface area contributed by atoms with Crippen molar-refractivity contribution in [2.45, 2.75) is 45.3 Å². The van der Waals surface area contributed by atoms with Crippen molar-refractivity contribution in [2.24, 2.45) is 5.41 Å². The van der Waals surface area contributed by atoms with Gasteiger partial charge in [0.1, 0.15) is 24.1 Å². The quantitative estimate of drug-likeness (QED) is 0.652. The lowest BCUT2D eigenvalue weighted by molar-refractivity contribution is -0.154. The molecule has 1 saturated heterocycles. The number of esters is 1. The van der Waals surface area contributed by atoms with Crippen LogP contribution in [0.3, 0.4) is 0 Å². The third kappa shape index (κ3) is 3.51. The van der Waals surface area contributed by atoms with Crippen LogP contribution in [-0.2, 0) is 20.9 Å². The van der Waals surface area contributed by atoms with Gasteiger partial charge in [-0.15, -0.1) is 0 Å². The predicted molar refractivity (Wildman–Crippen MR) is 116 cm³/mol. The largest absolute Gasteiger partial charge is 0.464 e. The van der Waals surface area contributed by atoms with Gasteiger partial charge in [0, 0.05) is 18.2 Å². The molecular weight excluding hydrogens is 408 g/mol. The first kappa shape index (κ1) is 20.5. The molecule has 2 fully saturated rings. The summed E-state index contributed by atoms with van der Waals surface area (Å²) in [7, 11) is 0. The van der Waals surface area contributed by atoms with Gasteiger partial charge in [0.2, 0.25) is 5.91 Å². The van der Waals surface area contributed by atoms with Gasteiger partial charge in [-0.3, -0.25) is 9.59 Å². The summed E-state index contributed by atoms with van der Waals surface area (Å²) in [6.07, 6.45) is 1.51. The van der Waals surface area contributed by atoms with Crippen molar-refractivity contribution in [1.82, 2.24) is 9.80 Å². The molecule has 0 radical (unpaired) electrons. The normalized spacial score (nSPS) is 25.4. The second-order valence-electron chi connectivity index (χ2n) is 9.04. The third-order valence-electron chi connectivity index (χ3n) is 6.74. The number of fused-ring (bicyclic) bond motifs is 2. The van der Waals surface area contributed by atoms with Crippen LogP contribution < -0.4 is 4.74 Å². The third-order valence-corrected chi connectivity index (χ3v) is 6.74. The van der Waals surface area contributed by atoms with E-state index in [9.17, 15) is 14.4 Å². The molecule has 0 spiro atoms. The molecule has 3 atom stereocenters. The van der Waals surface area contributed by atoms with Gasteiger partial charge in [0.05, 0.1) is 6.61 Å². The van der Waals surface area contributed by atoms with Crippen LogP contribution in [0.15, 0.2) is 48.5 Å². The maximum absolute atomic E-state index is 13.2. The molecule has 3 aliphatic rings. The number of hydrogen-bond acceptors (Lipinski definition) is 5. The Labute approximate surface area is 186 Å². The summed E-state index contributed by atoms with van der Waals surface area (Å²) in [6, 6.07) is 14.3. The first-order valence-corrected chi connectivity index (χ1v) is 11.0. The minimum atomic E-state index is -0.558. The highest BCUT2D eigenvalue weighted by Gasteiger charge is 2.64. The highest BCUT2D eigenvalue weighted by atomic mass is 16.5. The van der Waals surface area contributed by atoms with Gasteiger partial charge in [0.25, 0.3) is 5.91 Å². The van der Waals surface area contributed by atoms with E-state index >= 15 is 0 Å². The molecule has 166 valence electrons. The average molecular weight is 434 g/mol. The van der Waals surface area contributed by atoms with Crippen molar-refractivity contribution in [2.75, 3.05) is 13.2 Å². The van der Waals surface area contributed by atoms with Gasteiger partial charge < -0.3 is 19.3 Å². The van der Waals surface area contributed by atoms with Crippen molar-refractivity contribution >= 4 is 17.8 Å². The molecule has 0 aromatic heterocycles. The lowest BCUT2D eigenvalue weighted by atomic mass is 10.0. The summed E-state index contributed by atoms with van der Waals surface area (Å²) < 4.78 is 11.1. The fourth-order valence-corrected chi connectivity index (χ4v) is 4.99. The Morgan fingerprint density at radius 3 is 2.62 bits per heavy atom. The lowest BCUT2D eigenvalue weighted by Gasteiger charge is -2.28. The van der Waals surface area contributed by atoms with Crippen molar-refractivity contribution in [3.63, 3.8) is 0 Å². The van der Waals surface area contributed by atoms with Gasteiger partial charge in [0.15, 0.2) is 0 Å². The number of carbonyl (C=O) groups excluding carboxylic acids is 3. The molecule has 1 aliphatic carbocycles. The van der Waals surface area contributed by atoms with E-state index < -0.39 is 6.04 Å². The van der Waals surface area contributed by atoms with E-state index in [1.165, 1.54) is 0 Å². The van der Waals surface area contributed by atoms with Crippen LogP contribution in [0.1, 0.15) is 42.6 Å². The lowest BCUT2D eigenvalue weighted by Crippen LogP contribution is -2.48. The van der Waals surface area contributed by atoms with Crippen LogP contribution in [0.5, 0.6) is 11.5 Å². The van der Waals surface area contributed by atoms with Crippen LogP contribution in [0.4, 0.5) is 0 Å². The summed E-state index contributed by atoms with van der Waals surface area (Å²) in [4.78, 5) is 41.7. The summed E-state index contributed by atoms with van der Waals surface area (Å²) in [5, 5.41) is 0. The monoisotopic (exact) mass is 434 g/mol. The van der Waals surface area contributed by atoms with E-state index in [2.05, 4.69) is 6.92 Å². The zero-order chi connectivity index (χ0) is 22.5. The van der Waals surface area contributed by atoms with E-state index in [1.807, 2.05) is 36.4 Å². The first-order chi connectivity index (χ1) is 15.4. The molecule has 5 rings (SSSR count). The second-order valence-corrected chi connectivity index (χ2v) is 9.04. The van der Waals surface area contributed by atoms with Crippen molar-refractivity contribution < 1.29 is 23.9 Å². The fraction of sp³-hybridized carbons (Fsp3) is 0.400. The summed E-state index contributed by atoms with van der Waals surface area (Å²) in [5.74, 6) is 0.635. The van der Waals surface area contributed by atoms with Crippen LogP contribution in [0.2, 0.25) is 0 Å². The highest BCUT2D eigenvalue weighted by molar-refractivity contribution is 6.01. The van der Waals surface area contributed by atoms with Gasteiger partial charge in [-0.25, -0.2) is 4.79 Å². The Hall–Kier alpha value is -3.35. The van der Waals surface area contributed by atoms with Crippen LogP contribution in [0, 0.1) is 5.41 Å². The molecule has 0 unspecified atom stereocenters. The topological polar surface area (TPSA) is 76.2 Å². The molecule has 32 heavy (non-hydrogen) atoms. The molecule has 2 aromatic carbocycles.